The molecule has 0 unspecified atom stereocenters. The van der Waals surface area contributed by atoms with Crippen molar-refractivity contribution in [2.75, 3.05) is 18.1 Å². The van der Waals surface area contributed by atoms with Gasteiger partial charge in [0, 0.05) is 43.1 Å². The molecule has 1 saturated carbocycles. The number of fused-ring (bicyclic) bond motifs is 1. The molecule has 0 radical (unpaired) electrons. The highest BCUT2D eigenvalue weighted by Crippen LogP contribution is 2.45. The largest absolute Gasteiger partial charge is 0.378 e. The van der Waals surface area contributed by atoms with Crippen LogP contribution in [-0.2, 0) is 19.6 Å². The van der Waals surface area contributed by atoms with Crippen LogP contribution in [0.3, 0.4) is 0 Å². The zero-order chi connectivity index (χ0) is 18.3. The van der Waals surface area contributed by atoms with Crippen molar-refractivity contribution < 1.29 is 17.9 Å². The Balaban J connectivity index is 1.48. The van der Waals surface area contributed by atoms with Crippen molar-refractivity contribution in [3.8, 4) is 0 Å². The number of sulfonamides is 1. The molecule has 3 fully saturated rings. The van der Waals surface area contributed by atoms with Crippen LogP contribution in [0.15, 0.2) is 29.2 Å². The van der Waals surface area contributed by atoms with E-state index in [2.05, 4.69) is 11.6 Å². The first kappa shape index (κ1) is 17.9. The molecule has 2 saturated heterocycles. The fourth-order valence-corrected chi connectivity index (χ4v) is 5.96. The summed E-state index contributed by atoms with van der Waals surface area (Å²) in [6, 6.07) is 6.62. The fraction of sp³-hybridized carbons (Fsp3) is 0.632. The van der Waals surface area contributed by atoms with Gasteiger partial charge < -0.3 is 9.64 Å². The van der Waals surface area contributed by atoms with Crippen molar-refractivity contribution in [2.24, 2.45) is 11.8 Å². The van der Waals surface area contributed by atoms with Crippen LogP contribution in [0.25, 0.3) is 0 Å². The Morgan fingerprint density at radius 1 is 1.23 bits per heavy atom. The minimum absolute atomic E-state index is 0.0409. The molecular formula is C19H26N2O4S. The molecule has 1 aromatic rings. The lowest BCUT2D eigenvalue weighted by molar-refractivity contribution is -0.119. The van der Waals surface area contributed by atoms with E-state index in [0.29, 0.717) is 18.9 Å². The van der Waals surface area contributed by atoms with Crippen LogP contribution < -0.4 is 9.62 Å². The number of piperidine rings is 1. The third-order valence-corrected chi connectivity index (χ3v) is 7.55. The average molecular weight is 378 g/mol. The first-order chi connectivity index (χ1) is 12.5. The van der Waals surface area contributed by atoms with E-state index in [1.54, 1.807) is 29.2 Å². The van der Waals surface area contributed by atoms with Gasteiger partial charge in [0.15, 0.2) is 0 Å². The molecule has 142 valence electrons. The molecule has 0 bridgehead atoms. The number of carbonyl (C=O) groups excluding carboxylic acids is 1. The van der Waals surface area contributed by atoms with Crippen LogP contribution in [0.2, 0.25) is 0 Å². The van der Waals surface area contributed by atoms with E-state index < -0.39 is 10.0 Å². The zero-order valence-electron chi connectivity index (χ0n) is 15.1. The summed E-state index contributed by atoms with van der Waals surface area (Å²) in [5, 5.41) is 0. The molecule has 1 amide bonds. The molecule has 0 spiro atoms. The van der Waals surface area contributed by atoms with E-state index in [9.17, 15) is 13.2 Å². The quantitative estimate of drug-likeness (QED) is 0.853. The summed E-state index contributed by atoms with van der Waals surface area (Å²) < 4.78 is 34.2. The molecule has 2 heterocycles. The normalized spacial score (nSPS) is 31.6. The number of rotatable bonds is 5. The van der Waals surface area contributed by atoms with E-state index in [4.69, 9.17) is 4.74 Å². The van der Waals surface area contributed by atoms with Crippen LogP contribution in [-0.4, -0.2) is 39.6 Å². The number of benzene rings is 1. The van der Waals surface area contributed by atoms with Gasteiger partial charge in [-0.2, -0.15) is 0 Å². The van der Waals surface area contributed by atoms with Gasteiger partial charge in [-0.15, -0.1) is 0 Å². The standard InChI is InChI=1S/C19H26N2O4S/c1-2-15-18(16-10-12-25-19(15)16)20-26(23,24)14-8-6-13(7-9-14)21-11-4-3-5-17(21)22/h6-9,15-16,18-20H,2-5,10-12H2,1H3/t15-,16+,18+,19-/m1/s1. The van der Waals surface area contributed by atoms with Crippen LogP contribution >= 0.6 is 0 Å². The summed E-state index contributed by atoms with van der Waals surface area (Å²) in [7, 11) is -3.57. The van der Waals surface area contributed by atoms with E-state index in [-0.39, 0.29) is 28.9 Å². The molecule has 0 aromatic heterocycles. The number of nitrogens with one attached hydrogen (secondary N) is 1. The lowest BCUT2D eigenvalue weighted by Gasteiger charge is -2.47. The second-order valence-corrected chi connectivity index (χ2v) is 9.22. The van der Waals surface area contributed by atoms with Crippen molar-refractivity contribution >= 4 is 21.6 Å². The van der Waals surface area contributed by atoms with E-state index >= 15 is 0 Å². The predicted molar refractivity (Wildman–Crippen MR) is 98.4 cm³/mol. The molecule has 26 heavy (non-hydrogen) atoms. The molecule has 2 aliphatic heterocycles. The molecule has 3 aliphatic rings. The van der Waals surface area contributed by atoms with Gasteiger partial charge in [-0.3, -0.25) is 4.79 Å². The Kier molecular flexibility index (Phi) is 4.79. The van der Waals surface area contributed by atoms with Gasteiger partial charge in [0.2, 0.25) is 15.9 Å². The molecule has 4 atom stereocenters. The summed E-state index contributed by atoms with van der Waals surface area (Å²) in [4.78, 5) is 14.0. The Bertz CT molecular complexity index is 777. The maximum atomic E-state index is 12.8. The van der Waals surface area contributed by atoms with Gasteiger partial charge in [0.25, 0.3) is 0 Å². The van der Waals surface area contributed by atoms with Gasteiger partial charge >= 0.3 is 0 Å². The average Bonchev–Trinajstić information content (AvgIpc) is 3.05. The van der Waals surface area contributed by atoms with E-state index in [1.807, 2.05) is 0 Å². The highest BCUT2D eigenvalue weighted by atomic mass is 32.2. The molecule has 7 heteroatoms. The number of anilines is 1. The smallest absolute Gasteiger partial charge is 0.240 e. The van der Waals surface area contributed by atoms with Gasteiger partial charge in [-0.05, 0) is 49.9 Å². The lowest BCUT2D eigenvalue weighted by atomic mass is 9.66. The number of ether oxygens (including phenoxy) is 1. The third kappa shape index (κ3) is 3.06. The van der Waals surface area contributed by atoms with Crippen molar-refractivity contribution in [3.63, 3.8) is 0 Å². The second kappa shape index (κ2) is 6.94. The third-order valence-electron chi connectivity index (χ3n) is 6.07. The first-order valence-corrected chi connectivity index (χ1v) is 11.0. The molecule has 1 aromatic carbocycles. The number of carbonyl (C=O) groups is 1. The minimum atomic E-state index is -3.57. The summed E-state index contributed by atoms with van der Waals surface area (Å²) in [5.74, 6) is 0.653. The maximum absolute atomic E-state index is 12.8. The zero-order valence-corrected chi connectivity index (χ0v) is 15.9. The number of amides is 1. The monoisotopic (exact) mass is 378 g/mol. The molecule has 6 nitrogen and oxygen atoms in total. The van der Waals surface area contributed by atoms with Gasteiger partial charge in [0.05, 0.1) is 11.0 Å². The number of hydrogen-bond acceptors (Lipinski definition) is 4. The second-order valence-electron chi connectivity index (χ2n) is 7.50. The maximum Gasteiger partial charge on any atom is 0.240 e. The molecule has 1 N–H and O–H groups in total. The Hall–Kier alpha value is -1.44. The predicted octanol–water partition coefficient (Wildman–Crippen LogP) is 2.30. The Morgan fingerprint density at radius 3 is 2.69 bits per heavy atom. The summed E-state index contributed by atoms with van der Waals surface area (Å²) in [5.41, 5.74) is 0.771. The lowest BCUT2D eigenvalue weighted by Crippen LogP contribution is -2.61. The van der Waals surface area contributed by atoms with Gasteiger partial charge in [-0.1, -0.05) is 6.92 Å². The van der Waals surface area contributed by atoms with E-state index in [0.717, 1.165) is 38.0 Å². The Morgan fingerprint density at radius 2 is 2.00 bits per heavy atom. The molecule has 4 rings (SSSR count). The van der Waals surface area contributed by atoms with Crippen LogP contribution in [0.5, 0.6) is 0 Å². The van der Waals surface area contributed by atoms with Crippen molar-refractivity contribution in [1.29, 1.82) is 0 Å². The fourth-order valence-electron chi connectivity index (χ4n) is 4.62. The minimum Gasteiger partial charge on any atom is -0.378 e. The first-order valence-electron chi connectivity index (χ1n) is 9.55. The highest BCUT2D eigenvalue weighted by Gasteiger charge is 2.54. The summed E-state index contributed by atoms with van der Waals surface area (Å²) >= 11 is 0. The molecular weight excluding hydrogens is 352 g/mol. The topological polar surface area (TPSA) is 75.7 Å². The number of hydrogen-bond donors (Lipinski definition) is 1. The van der Waals surface area contributed by atoms with Gasteiger partial charge in [0.1, 0.15) is 0 Å². The number of nitrogens with zero attached hydrogens (tertiary/aromatic N) is 1. The van der Waals surface area contributed by atoms with Crippen LogP contribution in [0, 0.1) is 11.8 Å². The Labute approximate surface area is 155 Å². The molecule has 1 aliphatic carbocycles. The van der Waals surface area contributed by atoms with Crippen molar-refractivity contribution in [1.82, 2.24) is 4.72 Å². The van der Waals surface area contributed by atoms with Gasteiger partial charge in [-0.25, -0.2) is 13.1 Å². The highest BCUT2D eigenvalue weighted by molar-refractivity contribution is 7.89. The van der Waals surface area contributed by atoms with Crippen molar-refractivity contribution in [3.05, 3.63) is 24.3 Å². The summed E-state index contributed by atoms with van der Waals surface area (Å²) in [6.45, 7) is 3.50. The van der Waals surface area contributed by atoms with Crippen LogP contribution in [0.1, 0.15) is 39.0 Å². The summed E-state index contributed by atoms with van der Waals surface area (Å²) in [6.07, 6.45) is 4.51. The van der Waals surface area contributed by atoms with E-state index in [1.165, 1.54) is 0 Å². The van der Waals surface area contributed by atoms with Crippen LogP contribution in [0.4, 0.5) is 5.69 Å². The van der Waals surface area contributed by atoms with Crippen molar-refractivity contribution in [2.45, 2.75) is 56.1 Å². The SMILES string of the molecule is CC[C@@H]1[C@H](NS(=O)(=O)c2ccc(N3CCCCC3=O)cc2)[C@@H]2CCO[C@H]12.